The van der Waals surface area contributed by atoms with Crippen LogP contribution in [0.5, 0.6) is 5.88 Å². The average molecular weight is 572 g/mol. The minimum Gasteiger partial charge on any atom is -0.481 e. The lowest BCUT2D eigenvalue weighted by molar-refractivity contribution is 0.256. The van der Waals surface area contributed by atoms with Gasteiger partial charge >= 0.3 is 6.03 Å². The molecule has 2 amide bonds. The van der Waals surface area contributed by atoms with Gasteiger partial charge in [0.15, 0.2) is 0 Å². The van der Waals surface area contributed by atoms with E-state index in [1.165, 1.54) is 37.7 Å². The Hall–Kier alpha value is -3.60. The minimum atomic E-state index is -4.42. The van der Waals surface area contributed by atoms with E-state index in [1.54, 1.807) is 27.2 Å². The highest BCUT2D eigenvalue weighted by Crippen LogP contribution is 2.26. The highest BCUT2D eigenvalue weighted by atomic mass is 32.2. The summed E-state index contributed by atoms with van der Waals surface area (Å²) in [5, 5.41) is 2.25. The van der Waals surface area contributed by atoms with Crippen LogP contribution in [0.1, 0.15) is 25.1 Å². The maximum absolute atomic E-state index is 13.1. The second-order valence-electron chi connectivity index (χ2n) is 7.20. The van der Waals surface area contributed by atoms with Crippen LogP contribution in [0.4, 0.5) is 10.7 Å². The molecule has 0 aliphatic rings. The first-order valence-electron chi connectivity index (χ1n) is 11.1. The highest BCUT2D eigenvalue weighted by molar-refractivity contribution is 7.90. The Bertz CT molecular complexity index is 1400. The molecule has 38 heavy (non-hydrogen) atoms. The number of aromatic nitrogens is 4. The van der Waals surface area contributed by atoms with Gasteiger partial charge in [0.25, 0.3) is 10.0 Å². The smallest absolute Gasteiger partial charge is 0.335 e. The number of nitrogens with one attached hydrogen (secondary N) is 4. The average Bonchev–Trinajstić information content (AvgIpc) is 3.38. The summed E-state index contributed by atoms with van der Waals surface area (Å²) in [7, 11) is -3.30. The number of hydrogen-bond acceptors (Lipinski definition) is 10. The summed E-state index contributed by atoms with van der Waals surface area (Å²) in [5.41, 5.74) is 1.02. The number of carbonyl (C=O) groups is 1. The number of amides is 2. The number of ether oxygens (including phenoxy) is 2. The number of imidazole rings is 1. The van der Waals surface area contributed by atoms with Crippen LogP contribution >= 0.6 is 0 Å². The maximum Gasteiger partial charge on any atom is 0.335 e. The Morgan fingerprint density at radius 2 is 1.71 bits per heavy atom. The van der Waals surface area contributed by atoms with Crippen molar-refractivity contribution in [1.29, 1.82) is 0 Å². The van der Waals surface area contributed by atoms with Crippen LogP contribution in [0.25, 0.3) is 11.4 Å². The van der Waals surface area contributed by atoms with E-state index in [0.29, 0.717) is 11.3 Å². The van der Waals surface area contributed by atoms with Crippen molar-refractivity contribution in [2.45, 2.75) is 32.2 Å². The van der Waals surface area contributed by atoms with Crippen LogP contribution in [-0.2, 0) is 31.3 Å². The fraction of sp³-hybridized carbons (Fsp3) is 0.364. The van der Waals surface area contributed by atoms with Gasteiger partial charge in [0.05, 0.1) is 18.3 Å². The monoisotopic (exact) mass is 571 g/mol. The molecule has 0 bridgehead atoms. The summed E-state index contributed by atoms with van der Waals surface area (Å²) in [6, 6.07) is 4.68. The molecule has 3 aromatic rings. The molecular formula is C22H33N7O7S2. The standard InChI is InChI=1S/C18H21N7O6S2.C2H6O.C2H6/c1-11-8-15(31-2)23-17(22-11)24-18(26)25-33(29,30)14-9-12(10-21-32(3,27)28)4-5-13(14)16-19-6-7-20-16;1-3-2;1-2/h4-9,21H,10H2,1-3H3,(H,19,20)(H2,22,23,24,25,26);1-2H3;1-2H3. The number of sulfonamides is 2. The summed E-state index contributed by atoms with van der Waals surface area (Å²) >= 11 is 0. The van der Waals surface area contributed by atoms with Gasteiger partial charge in [-0.15, -0.1) is 0 Å². The van der Waals surface area contributed by atoms with Crippen molar-refractivity contribution in [2.75, 3.05) is 32.9 Å². The third-order valence-corrected chi connectivity index (χ3v) is 6.16. The molecule has 1 aromatic carbocycles. The summed E-state index contributed by atoms with van der Waals surface area (Å²) < 4.78 is 62.4. The summed E-state index contributed by atoms with van der Waals surface area (Å²) in [4.78, 5) is 26.9. The SMILES string of the molecule is CC.COC.COc1cc(C)nc(NC(=O)NS(=O)(=O)c2cc(CNS(C)(=O)=O)ccc2-c2ncc[nH]2)n1. The van der Waals surface area contributed by atoms with Gasteiger partial charge in [-0.3, -0.25) is 5.32 Å². The maximum atomic E-state index is 13.1. The van der Waals surface area contributed by atoms with Gasteiger partial charge in [0.2, 0.25) is 21.9 Å². The number of H-pyrrole nitrogens is 1. The molecule has 14 nitrogen and oxygen atoms in total. The Morgan fingerprint density at radius 3 is 2.26 bits per heavy atom. The number of hydrogen-bond donors (Lipinski definition) is 4. The van der Waals surface area contributed by atoms with E-state index in [9.17, 15) is 21.6 Å². The Kier molecular flexibility index (Phi) is 12.8. The van der Waals surface area contributed by atoms with Gasteiger partial charge < -0.3 is 14.5 Å². The van der Waals surface area contributed by atoms with Gasteiger partial charge in [0, 0.05) is 50.5 Å². The number of benzene rings is 1. The lowest BCUT2D eigenvalue weighted by Gasteiger charge is -2.13. The number of aryl methyl sites for hydroxylation is 1. The zero-order valence-corrected chi connectivity index (χ0v) is 23.8. The number of urea groups is 1. The van der Waals surface area contributed by atoms with Crippen molar-refractivity contribution >= 4 is 32.0 Å². The molecule has 16 heteroatoms. The molecule has 0 saturated heterocycles. The predicted octanol–water partition coefficient (Wildman–Crippen LogP) is 2.03. The van der Waals surface area contributed by atoms with E-state index in [2.05, 4.69) is 34.7 Å². The van der Waals surface area contributed by atoms with Crippen LogP contribution < -0.4 is 19.5 Å². The van der Waals surface area contributed by atoms with Crippen molar-refractivity contribution in [3.8, 4) is 17.3 Å². The molecule has 2 aromatic heterocycles. The Balaban J connectivity index is 0.00000135. The van der Waals surface area contributed by atoms with Crippen molar-refractivity contribution in [3.63, 3.8) is 0 Å². The lowest BCUT2D eigenvalue weighted by atomic mass is 10.1. The molecule has 4 N–H and O–H groups in total. The van der Waals surface area contributed by atoms with E-state index in [4.69, 9.17) is 4.74 Å². The summed E-state index contributed by atoms with van der Waals surface area (Å²) in [5.74, 6) is 0.272. The molecule has 2 heterocycles. The molecule has 0 aliphatic carbocycles. The fourth-order valence-corrected chi connectivity index (χ4v) is 4.32. The van der Waals surface area contributed by atoms with Gasteiger partial charge in [-0.2, -0.15) is 4.98 Å². The third kappa shape index (κ3) is 10.4. The predicted molar refractivity (Wildman–Crippen MR) is 143 cm³/mol. The summed E-state index contributed by atoms with van der Waals surface area (Å²) in [6.45, 7) is 5.50. The Morgan fingerprint density at radius 1 is 1.05 bits per heavy atom. The Labute approximate surface area is 222 Å². The number of carbonyl (C=O) groups excluding carboxylic acids is 1. The van der Waals surface area contributed by atoms with E-state index < -0.39 is 26.1 Å². The van der Waals surface area contributed by atoms with E-state index in [-0.39, 0.29) is 34.7 Å². The zero-order valence-electron chi connectivity index (χ0n) is 22.2. The number of rotatable bonds is 8. The second kappa shape index (κ2) is 15.0. The molecule has 0 radical (unpaired) electrons. The van der Waals surface area contributed by atoms with E-state index in [0.717, 1.165) is 6.26 Å². The van der Waals surface area contributed by atoms with Gasteiger partial charge in [-0.1, -0.05) is 19.9 Å². The molecule has 0 fully saturated rings. The largest absolute Gasteiger partial charge is 0.481 e. The summed E-state index contributed by atoms with van der Waals surface area (Å²) in [6.07, 6.45) is 3.93. The number of anilines is 1. The van der Waals surface area contributed by atoms with Crippen LogP contribution in [0, 0.1) is 6.92 Å². The lowest BCUT2D eigenvalue weighted by Crippen LogP contribution is -2.35. The molecule has 0 saturated carbocycles. The molecule has 0 unspecified atom stereocenters. The van der Waals surface area contributed by atoms with Crippen molar-refractivity contribution in [2.24, 2.45) is 0 Å². The topological polar surface area (TPSA) is 194 Å². The molecule has 210 valence electrons. The molecule has 0 atom stereocenters. The van der Waals surface area contributed by atoms with Crippen molar-refractivity contribution in [3.05, 3.63) is 47.9 Å². The molecule has 0 aliphatic heterocycles. The number of methoxy groups -OCH3 is 2. The van der Waals surface area contributed by atoms with Crippen LogP contribution in [0.2, 0.25) is 0 Å². The highest BCUT2D eigenvalue weighted by Gasteiger charge is 2.24. The zero-order chi connectivity index (χ0) is 28.9. The normalized spacial score (nSPS) is 10.8. The van der Waals surface area contributed by atoms with Crippen LogP contribution in [0.3, 0.4) is 0 Å². The first-order valence-corrected chi connectivity index (χ1v) is 14.5. The molecular weight excluding hydrogens is 538 g/mol. The second-order valence-corrected chi connectivity index (χ2v) is 10.7. The van der Waals surface area contributed by atoms with Crippen molar-refractivity contribution < 1.29 is 31.1 Å². The third-order valence-electron chi connectivity index (χ3n) is 4.12. The number of aromatic amines is 1. The van der Waals surface area contributed by atoms with E-state index >= 15 is 0 Å². The quantitative estimate of drug-likeness (QED) is 0.311. The fourth-order valence-electron chi connectivity index (χ4n) is 2.73. The minimum absolute atomic E-state index is 0.150. The molecule has 0 spiro atoms. The first kappa shape index (κ1) is 32.4. The van der Waals surface area contributed by atoms with Gasteiger partial charge in [-0.05, 0) is 24.6 Å². The molecule has 3 rings (SSSR count). The van der Waals surface area contributed by atoms with Gasteiger partial charge in [0.1, 0.15) is 5.82 Å². The van der Waals surface area contributed by atoms with E-state index in [1.807, 2.05) is 18.6 Å². The first-order chi connectivity index (χ1) is 17.9. The number of nitrogens with zero attached hydrogens (tertiary/aromatic N) is 3. The van der Waals surface area contributed by atoms with Crippen molar-refractivity contribution in [1.82, 2.24) is 29.4 Å². The van der Waals surface area contributed by atoms with Crippen LogP contribution in [-0.4, -0.2) is 70.4 Å². The van der Waals surface area contributed by atoms with Crippen LogP contribution in [0.15, 0.2) is 41.6 Å². The van der Waals surface area contributed by atoms with Gasteiger partial charge in [-0.25, -0.2) is 41.0 Å².